The minimum absolute atomic E-state index is 0.0306. The van der Waals surface area contributed by atoms with E-state index in [0.29, 0.717) is 34.4 Å². The molecule has 5 nitrogen and oxygen atoms in total. The molecule has 2 rings (SSSR count). The maximum Gasteiger partial charge on any atom is 0.266 e. The number of hydrogen-bond acceptors (Lipinski definition) is 4. The molecule has 0 heterocycles. The molecule has 0 aliphatic rings. The summed E-state index contributed by atoms with van der Waals surface area (Å²) < 4.78 is 10.7. The first kappa shape index (κ1) is 19.4. The standard InChI is InChI=1S/C20H19ClN2O3/c1-4-26-19-11-14(8-9-18(19)25-3)10-15(12-22)20(24)23-17-7-5-6-16(21)13(17)2/h5-11H,4H2,1-3H3,(H,23,24)/b15-10+. The number of halogens is 1. The minimum atomic E-state index is -0.508. The highest BCUT2D eigenvalue weighted by molar-refractivity contribution is 6.31. The molecule has 0 bridgehead atoms. The third-order valence-electron chi connectivity index (χ3n) is 3.68. The van der Waals surface area contributed by atoms with Gasteiger partial charge in [-0.1, -0.05) is 23.7 Å². The van der Waals surface area contributed by atoms with E-state index in [1.54, 1.807) is 50.4 Å². The molecule has 0 saturated carbocycles. The molecule has 0 aromatic heterocycles. The molecule has 0 spiro atoms. The van der Waals surface area contributed by atoms with Crippen molar-refractivity contribution in [3.63, 3.8) is 0 Å². The zero-order valence-electron chi connectivity index (χ0n) is 14.8. The van der Waals surface area contributed by atoms with Gasteiger partial charge < -0.3 is 14.8 Å². The lowest BCUT2D eigenvalue weighted by molar-refractivity contribution is -0.112. The SMILES string of the molecule is CCOc1cc(/C=C(\C#N)C(=O)Nc2cccc(Cl)c2C)ccc1OC. The number of carbonyl (C=O) groups excluding carboxylic acids is 1. The van der Waals surface area contributed by atoms with Crippen LogP contribution in [0.2, 0.25) is 5.02 Å². The summed E-state index contributed by atoms with van der Waals surface area (Å²) in [6, 6.07) is 12.3. The van der Waals surface area contributed by atoms with Gasteiger partial charge in [-0.05, 0) is 55.3 Å². The van der Waals surface area contributed by atoms with E-state index in [0.717, 1.165) is 5.56 Å². The number of hydrogen-bond donors (Lipinski definition) is 1. The normalized spacial score (nSPS) is 10.8. The van der Waals surface area contributed by atoms with Crippen molar-refractivity contribution in [1.82, 2.24) is 0 Å². The third kappa shape index (κ3) is 4.56. The summed E-state index contributed by atoms with van der Waals surface area (Å²) in [5, 5.41) is 12.6. The Morgan fingerprint density at radius 1 is 1.31 bits per heavy atom. The number of ether oxygens (including phenoxy) is 2. The van der Waals surface area contributed by atoms with E-state index < -0.39 is 5.91 Å². The Hall–Kier alpha value is -2.97. The first-order chi connectivity index (χ1) is 12.5. The fourth-order valence-corrected chi connectivity index (χ4v) is 2.47. The predicted molar refractivity (Wildman–Crippen MR) is 103 cm³/mol. The van der Waals surface area contributed by atoms with Crippen LogP contribution in [0.15, 0.2) is 42.0 Å². The van der Waals surface area contributed by atoms with Gasteiger partial charge in [-0.25, -0.2) is 0 Å². The smallest absolute Gasteiger partial charge is 0.266 e. The van der Waals surface area contributed by atoms with E-state index in [1.807, 2.05) is 13.0 Å². The van der Waals surface area contributed by atoms with Crippen LogP contribution < -0.4 is 14.8 Å². The van der Waals surface area contributed by atoms with E-state index in [9.17, 15) is 10.1 Å². The van der Waals surface area contributed by atoms with Gasteiger partial charge in [-0.2, -0.15) is 5.26 Å². The maximum atomic E-state index is 12.4. The van der Waals surface area contributed by atoms with Gasteiger partial charge in [0.15, 0.2) is 11.5 Å². The summed E-state index contributed by atoms with van der Waals surface area (Å²) >= 11 is 6.06. The van der Waals surface area contributed by atoms with E-state index in [2.05, 4.69) is 5.32 Å². The van der Waals surface area contributed by atoms with Crippen molar-refractivity contribution in [2.75, 3.05) is 19.0 Å². The highest BCUT2D eigenvalue weighted by Gasteiger charge is 2.13. The average molecular weight is 371 g/mol. The van der Waals surface area contributed by atoms with Crippen molar-refractivity contribution in [1.29, 1.82) is 5.26 Å². The molecule has 6 heteroatoms. The Labute approximate surface area is 157 Å². The Kier molecular flexibility index (Phi) is 6.65. The average Bonchev–Trinajstić information content (AvgIpc) is 2.64. The molecule has 2 aromatic carbocycles. The Morgan fingerprint density at radius 2 is 2.08 bits per heavy atom. The molecule has 1 amide bonds. The summed E-state index contributed by atoms with van der Waals surface area (Å²) in [5.74, 6) is 0.625. The first-order valence-electron chi connectivity index (χ1n) is 7.99. The van der Waals surface area contributed by atoms with Gasteiger partial charge in [0.2, 0.25) is 0 Å². The zero-order chi connectivity index (χ0) is 19.1. The third-order valence-corrected chi connectivity index (χ3v) is 4.09. The van der Waals surface area contributed by atoms with Crippen LogP contribution in [0.3, 0.4) is 0 Å². The molecule has 0 atom stereocenters. The number of nitrogens with one attached hydrogen (secondary N) is 1. The Bertz CT molecular complexity index is 885. The van der Waals surface area contributed by atoms with Crippen molar-refractivity contribution < 1.29 is 14.3 Å². The molecule has 0 aliphatic heterocycles. The van der Waals surface area contributed by atoms with Gasteiger partial charge in [-0.3, -0.25) is 4.79 Å². The van der Waals surface area contributed by atoms with Gasteiger partial charge in [0.1, 0.15) is 11.6 Å². The van der Waals surface area contributed by atoms with E-state index in [4.69, 9.17) is 21.1 Å². The number of nitriles is 1. The van der Waals surface area contributed by atoms with Crippen molar-refractivity contribution in [2.45, 2.75) is 13.8 Å². The van der Waals surface area contributed by atoms with Crippen molar-refractivity contribution in [3.05, 3.63) is 58.1 Å². The molecule has 0 fully saturated rings. The molecule has 0 aliphatic carbocycles. The number of amides is 1. The lowest BCUT2D eigenvalue weighted by Gasteiger charge is -2.10. The number of anilines is 1. The van der Waals surface area contributed by atoms with Crippen LogP contribution >= 0.6 is 11.6 Å². The van der Waals surface area contributed by atoms with Gasteiger partial charge >= 0.3 is 0 Å². The molecule has 26 heavy (non-hydrogen) atoms. The van der Waals surface area contributed by atoms with E-state index in [1.165, 1.54) is 6.08 Å². The molecule has 1 N–H and O–H groups in total. The van der Waals surface area contributed by atoms with Crippen molar-refractivity contribution in [3.8, 4) is 17.6 Å². The summed E-state index contributed by atoms with van der Waals surface area (Å²) in [6.07, 6.45) is 1.50. The molecule has 134 valence electrons. The zero-order valence-corrected chi connectivity index (χ0v) is 15.6. The lowest BCUT2D eigenvalue weighted by atomic mass is 10.1. The highest BCUT2D eigenvalue weighted by Crippen LogP contribution is 2.29. The Morgan fingerprint density at radius 3 is 2.73 bits per heavy atom. The number of nitrogens with zero attached hydrogens (tertiary/aromatic N) is 1. The van der Waals surface area contributed by atoms with Gasteiger partial charge in [-0.15, -0.1) is 0 Å². The predicted octanol–water partition coefficient (Wildman–Crippen LogP) is 4.60. The minimum Gasteiger partial charge on any atom is -0.493 e. The summed E-state index contributed by atoms with van der Waals surface area (Å²) in [6.45, 7) is 4.14. The number of carbonyl (C=O) groups is 1. The van der Waals surface area contributed by atoms with Crippen molar-refractivity contribution in [2.24, 2.45) is 0 Å². The first-order valence-corrected chi connectivity index (χ1v) is 8.37. The maximum absolute atomic E-state index is 12.4. The molecular formula is C20H19ClN2O3. The van der Waals surface area contributed by atoms with Crippen LogP contribution in [0, 0.1) is 18.3 Å². The lowest BCUT2D eigenvalue weighted by Crippen LogP contribution is -2.14. The van der Waals surface area contributed by atoms with E-state index in [-0.39, 0.29) is 5.57 Å². The number of methoxy groups -OCH3 is 1. The largest absolute Gasteiger partial charge is 0.493 e. The second-order valence-corrected chi connectivity index (χ2v) is 5.79. The van der Waals surface area contributed by atoms with Crippen LogP contribution in [-0.4, -0.2) is 19.6 Å². The topological polar surface area (TPSA) is 71.3 Å². The van der Waals surface area contributed by atoms with Crippen LogP contribution in [-0.2, 0) is 4.79 Å². The van der Waals surface area contributed by atoms with E-state index >= 15 is 0 Å². The summed E-state index contributed by atoms with van der Waals surface area (Å²) in [4.78, 5) is 12.4. The highest BCUT2D eigenvalue weighted by atomic mass is 35.5. The van der Waals surface area contributed by atoms with Gasteiger partial charge in [0.05, 0.1) is 13.7 Å². The van der Waals surface area contributed by atoms with Crippen LogP contribution in [0.25, 0.3) is 6.08 Å². The van der Waals surface area contributed by atoms with Gasteiger partial charge in [0.25, 0.3) is 5.91 Å². The van der Waals surface area contributed by atoms with Crippen LogP contribution in [0.1, 0.15) is 18.1 Å². The van der Waals surface area contributed by atoms with Crippen molar-refractivity contribution >= 4 is 29.3 Å². The number of rotatable bonds is 6. The quantitative estimate of drug-likeness (QED) is 0.595. The second-order valence-electron chi connectivity index (χ2n) is 5.38. The molecule has 0 saturated heterocycles. The summed E-state index contributed by atoms with van der Waals surface area (Å²) in [5.41, 5.74) is 1.93. The molecule has 0 radical (unpaired) electrons. The fraction of sp³-hybridized carbons (Fsp3) is 0.200. The molecule has 2 aromatic rings. The molecular weight excluding hydrogens is 352 g/mol. The Balaban J connectivity index is 2.29. The second kappa shape index (κ2) is 8.93. The number of benzene rings is 2. The van der Waals surface area contributed by atoms with Crippen LogP contribution in [0.4, 0.5) is 5.69 Å². The summed E-state index contributed by atoms with van der Waals surface area (Å²) in [7, 11) is 1.55. The van der Waals surface area contributed by atoms with Crippen LogP contribution in [0.5, 0.6) is 11.5 Å². The van der Waals surface area contributed by atoms with Gasteiger partial charge in [0, 0.05) is 10.7 Å². The molecule has 0 unspecified atom stereocenters. The monoisotopic (exact) mass is 370 g/mol. The fourth-order valence-electron chi connectivity index (χ4n) is 2.30.